The summed E-state index contributed by atoms with van der Waals surface area (Å²) in [6.45, 7) is 0.948. The number of hydrogen-bond acceptors (Lipinski definition) is 2. The summed E-state index contributed by atoms with van der Waals surface area (Å²) in [4.78, 5) is 12.0. The van der Waals surface area contributed by atoms with Crippen molar-refractivity contribution < 1.29 is 13.9 Å². The van der Waals surface area contributed by atoms with E-state index in [1.807, 2.05) is 65.2 Å². The Labute approximate surface area is 184 Å². The number of halogens is 1. The highest BCUT2D eigenvalue weighted by molar-refractivity contribution is 6.17. The first kappa shape index (κ1) is 19.8. The van der Waals surface area contributed by atoms with E-state index in [9.17, 15) is 9.18 Å². The van der Waals surface area contributed by atoms with E-state index < -0.39 is 5.91 Å². The highest BCUT2D eigenvalue weighted by atomic mass is 19.1. The van der Waals surface area contributed by atoms with Gasteiger partial charge in [-0.05, 0) is 53.6 Å². The van der Waals surface area contributed by atoms with Crippen LogP contribution in [0.3, 0.4) is 0 Å². The summed E-state index contributed by atoms with van der Waals surface area (Å²) in [7, 11) is 0. The van der Waals surface area contributed by atoms with Crippen LogP contribution in [0, 0.1) is 11.9 Å². The quantitative estimate of drug-likeness (QED) is 0.394. The highest BCUT2D eigenvalue weighted by Crippen LogP contribution is 2.32. The van der Waals surface area contributed by atoms with Gasteiger partial charge in [-0.3, -0.25) is 4.79 Å². The summed E-state index contributed by atoms with van der Waals surface area (Å²) >= 11 is 0. The average molecular weight is 423 g/mol. The molecule has 2 N–H and O–H groups in total. The van der Waals surface area contributed by atoms with Crippen molar-refractivity contribution in [3.8, 4) is 5.75 Å². The second-order valence-electron chi connectivity index (χ2n) is 7.65. The number of rotatable bonds is 6. The number of carbonyl (C=O) groups is 1. The molecule has 5 heteroatoms. The molecule has 0 spiro atoms. The lowest BCUT2D eigenvalue weighted by Crippen LogP contribution is -2.11. The topological polar surface area (TPSA) is 57.2 Å². The summed E-state index contributed by atoms with van der Waals surface area (Å²) in [6.07, 6.45) is 0. The van der Waals surface area contributed by atoms with Crippen molar-refractivity contribution in [1.82, 2.24) is 4.57 Å². The fourth-order valence-electron chi connectivity index (χ4n) is 4.06. The Kier molecular flexibility index (Phi) is 5.07. The van der Waals surface area contributed by atoms with Gasteiger partial charge in [0.05, 0.1) is 11.0 Å². The molecule has 0 atom stereocenters. The number of carbonyl (C=O) groups excluding carboxylic acids is 1. The highest BCUT2D eigenvalue weighted by Gasteiger charge is 2.17. The minimum Gasteiger partial charge on any atom is -0.489 e. The van der Waals surface area contributed by atoms with Crippen LogP contribution < -0.4 is 10.5 Å². The Hall–Kier alpha value is -4.12. The third-order valence-corrected chi connectivity index (χ3v) is 5.51. The third kappa shape index (κ3) is 3.69. The van der Waals surface area contributed by atoms with Crippen molar-refractivity contribution >= 4 is 27.7 Å². The first-order valence-corrected chi connectivity index (χ1v) is 10.3. The van der Waals surface area contributed by atoms with E-state index in [0.29, 0.717) is 35.0 Å². The number of aromatic nitrogens is 1. The lowest BCUT2D eigenvalue weighted by Gasteiger charge is -2.11. The van der Waals surface area contributed by atoms with Crippen molar-refractivity contribution in [3.05, 3.63) is 114 Å². The van der Waals surface area contributed by atoms with Crippen LogP contribution in [0.5, 0.6) is 5.75 Å². The van der Waals surface area contributed by atoms with E-state index in [0.717, 1.165) is 22.4 Å². The molecule has 4 aromatic carbocycles. The molecule has 0 aliphatic heterocycles. The fraction of sp³-hybridized carbons (Fsp3) is 0.0741. The second-order valence-corrected chi connectivity index (χ2v) is 7.65. The van der Waals surface area contributed by atoms with Gasteiger partial charge in [0.15, 0.2) is 0 Å². The van der Waals surface area contributed by atoms with E-state index in [1.165, 1.54) is 12.1 Å². The minimum absolute atomic E-state index is 0.387. The van der Waals surface area contributed by atoms with Gasteiger partial charge in [0.25, 0.3) is 0 Å². The maximum Gasteiger partial charge on any atom is 0.249 e. The minimum atomic E-state index is -0.524. The zero-order valence-electron chi connectivity index (χ0n) is 17.2. The molecule has 157 valence electrons. The van der Waals surface area contributed by atoms with Crippen molar-refractivity contribution in [2.24, 2.45) is 5.73 Å². The van der Waals surface area contributed by atoms with E-state index in [2.05, 4.69) is 6.07 Å². The number of benzene rings is 4. The molecule has 5 aromatic rings. The molecular formula is C27H20FN2O2. The van der Waals surface area contributed by atoms with Gasteiger partial charge < -0.3 is 15.0 Å². The average Bonchev–Trinajstić information content (AvgIpc) is 3.11. The van der Waals surface area contributed by atoms with Crippen LogP contribution in [-0.4, -0.2) is 10.5 Å². The molecule has 0 aliphatic rings. The number of ether oxygens (including phenoxy) is 1. The van der Waals surface area contributed by atoms with Crippen LogP contribution in [0.4, 0.5) is 4.39 Å². The van der Waals surface area contributed by atoms with Gasteiger partial charge in [0.2, 0.25) is 5.91 Å². The maximum atomic E-state index is 14.1. The van der Waals surface area contributed by atoms with Crippen LogP contribution in [-0.2, 0) is 13.2 Å². The number of amides is 1. The number of primary amides is 1. The van der Waals surface area contributed by atoms with Crippen LogP contribution in [0.2, 0.25) is 0 Å². The number of fused-ring (bicyclic) bond motifs is 3. The van der Waals surface area contributed by atoms with Gasteiger partial charge in [-0.25, -0.2) is 4.39 Å². The van der Waals surface area contributed by atoms with Gasteiger partial charge >= 0.3 is 0 Å². The number of nitrogens with zero attached hydrogens (tertiary/aromatic N) is 1. The Balaban J connectivity index is 1.54. The maximum absolute atomic E-state index is 14.1. The van der Waals surface area contributed by atoms with Crippen molar-refractivity contribution in [1.29, 1.82) is 0 Å². The molecule has 1 amide bonds. The molecule has 32 heavy (non-hydrogen) atoms. The number of hydrogen-bond donors (Lipinski definition) is 1. The molecule has 5 rings (SSSR count). The summed E-state index contributed by atoms with van der Waals surface area (Å²) in [5.41, 5.74) is 9.54. The molecule has 0 saturated heterocycles. The van der Waals surface area contributed by atoms with Crippen molar-refractivity contribution in [3.63, 3.8) is 0 Å². The van der Waals surface area contributed by atoms with E-state index >= 15 is 0 Å². The third-order valence-electron chi connectivity index (χ3n) is 5.51. The Morgan fingerprint density at radius 2 is 1.72 bits per heavy atom. The molecule has 0 fully saturated rings. The van der Waals surface area contributed by atoms with Gasteiger partial charge in [0.1, 0.15) is 18.2 Å². The molecule has 0 unspecified atom stereocenters. The lowest BCUT2D eigenvalue weighted by molar-refractivity contribution is 0.100. The molecule has 0 aliphatic carbocycles. The standard InChI is InChI=1S/C27H20FN2O2/c28-20-12-13-22-25(15-20)30(24-11-5-10-23(26(22)24)27(29)31)16-19-8-4-9-21(14-19)32-17-18-6-2-1-3-7-18/h1-12,14-15H,16-17H2,(H2,29,31). The van der Waals surface area contributed by atoms with Crippen LogP contribution in [0.1, 0.15) is 21.5 Å². The summed E-state index contributed by atoms with van der Waals surface area (Å²) in [5, 5.41) is 1.36. The summed E-state index contributed by atoms with van der Waals surface area (Å²) in [5.74, 6) is -0.159. The van der Waals surface area contributed by atoms with Crippen LogP contribution in [0.15, 0.2) is 84.9 Å². The smallest absolute Gasteiger partial charge is 0.249 e. The van der Waals surface area contributed by atoms with Crippen LogP contribution in [0.25, 0.3) is 21.8 Å². The second kappa shape index (κ2) is 8.19. The zero-order valence-corrected chi connectivity index (χ0v) is 17.2. The first-order valence-electron chi connectivity index (χ1n) is 10.3. The monoisotopic (exact) mass is 423 g/mol. The van der Waals surface area contributed by atoms with Crippen molar-refractivity contribution in [2.45, 2.75) is 13.2 Å². The lowest BCUT2D eigenvalue weighted by atomic mass is 10.1. The Bertz CT molecular complexity index is 1440. The molecule has 0 saturated carbocycles. The summed E-state index contributed by atoms with van der Waals surface area (Å²) in [6, 6.07) is 28.9. The van der Waals surface area contributed by atoms with E-state index in [1.54, 1.807) is 12.1 Å². The molecule has 4 nitrogen and oxygen atoms in total. The normalized spacial score (nSPS) is 11.2. The van der Waals surface area contributed by atoms with Gasteiger partial charge in [0, 0.05) is 22.9 Å². The Morgan fingerprint density at radius 1 is 0.938 bits per heavy atom. The van der Waals surface area contributed by atoms with Gasteiger partial charge in [-0.1, -0.05) is 48.5 Å². The van der Waals surface area contributed by atoms with E-state index in [-0.39, 0.29) is 5.82 Å². The predicted molar refractivity (Wildman–Crippen MR) is 123 cm³/mol. The van der Waals surface area contributed by atoms with Crippen molar-refractivity contribution in [2.75, 3.05) is 0 Å². The molecule has 0 bridgehead atoms. The zero-order chi connectivity index (χ0) is 22.1. The van der Waals surface area contributed by atoms with Gasteiger partial charge in [-0.15, -0.1) is 0 Å². The SMILES string of the molecule is NC(=O)c1cccc2c1c1[c]cc(F)cc1n2Cc1cccc(OCc2ccccc2)c1. The van der Waals surface area contributed by atoms with Gasteiger partial charge in [-0.2, -0.15) is 0 Å². The van der Waals surface area contributed by atoms with E-state index in [4.69, 9.17) is 10.5 Å². The fourth-order valence-corrected chi connectivity index (χ4v) is 4.06. The summed E-state index contributed by atoms with van der Waals surface area (Å²) < 4.78 is 22.1. The largest absolute Gasteiger partial charge is 0.489 e. The first-order chi connectivity index (χ1) is 15.6. The Morgan fingerprint density at radius 3 is 2.53 bits per heavy atom. The molecule has 1 heterocycles. The molecular weight excluding hydrogens is 403 g/mol. The van der Waals surface area contributed by atoms with Crippen LogP contribution >= 0.6 is 0 Å². The predicted octanol–water partition coefficient (Wildman–Crippen LogP) is 5.46. The molecule has 1 radical (unpaired) electrons. The number of nitrogens with two attached hydrogens (primary N) is 1. The molecule has 1 aromatic heterocycles.